The number of benzene rings is 2. The maximum Gasteiger partial charge on any atom is 0.0592 e. The molecule has 1 saturated carbocycles. The van der Waals surface area contributed by atoms with E-state index >= 15 is 0 Å². The van der Waals surface area contributed by atoms with Gasteiger partial charge in [-0.15, -0.1) is 0 Å². The van der Waals surface area contributed by atoms with Crippen molar-refractivity contribution < 1.29 is 0 Å². The predicted octanol–water partition coefficient (Wildman–Crippen LogP) is 6.91. The fourth-order valence-corrected chi connectivity index (χ4v) is 5.60. The minimum absolute atomic E-state index is 0.130. The van der Waals surface area contributed by atoms with Crippen LogP contribution in [0.1, 0.15) is 52.4 Å². The van der Waals surface area contributed by atoms with E-state index in [0.29, 0.717) is 0 Å². The zero-order chi connectivity index (χ0) is 20.1. The molecule has 0 radical (unpaired) electrons. The smallest absolute Gasteiger partial charge is 0.0592 e. The Morgan fingerprint density at radius 2 is 1.55 bits per heavy atom. The Labute approximate surface area is 177 Å². The summed E-state index contributed by atoms with van der Waals surface area (Å²) in [6.45, 7) is 7.00. The van der Waals surface area contributed by atoms with Crippen molar-refractivity contribution in [1.82, 2.24) is 0 Å². The SMILES string of the molecule is CCC/C=C(\CCC)C1(Nc2ccccc2)C[C@H]2CN(c3ccccc3)C[C@H]2C1. The van der Waals surface area contributed by atoms with E-state index < -0.39 is 0 Å². The summed E-state index contributed by atoms with van der Waals surface area (Å²) in [4.78, 5) is 2.61. The topological polar surface area (TPSA) is 15.3 Å². The van der Waals surface area contributed by atoms with Crippen molar-refractivity contribution in [3.63, 3.8) is 0 Å². The third kappa shape index (κ3) is 4.37. The number of nitrogens with one attached hydrogen (secondary N) is 1. The van der Waals surface area contributed by atoms with E-state index in [9.17, 15) is 0 Å². The average Bonchev–Trinajstić information content (AvgIpc) is 3.29. The van der Waals surface area contributed by atoms with Gasteiger partial charge in [0.15, 0.2) is 0 Å². The fraction of sp³-hybridized carbons (Fsp3) is 0.481. The van der Waals surface area contributed by atoms with Gasteiger partial charge in [-0.25, -0.2) is 0 Å². The Balaban J connectivity index is 1.58. The van der Waals surface area contributed by atoms with Gasteiger partial charge in [0.1, 0.15) is 0 Å². The second-order valence-electron chi connectivity index (χ2n) is 9.01. The van der Waals surface area contributed by atoms with Gasteiger partial charge in [0.2, 0.25) is 0 Å². The van der Waals surface area contributed by atoms with Gasteiger partial charge < -0.3 is 10.2 Å². The van der Waals surface area contributed by atoms with Crippen LogP contribution in [0.25, 0.3) is 0 Å². The number of rotatable bonds is 8. The summed E-state index contributed by atoms with van der Waals surface area (Å²) in [5.41, 5.74) is 4.45. The summed E-state index contributed by atoms with van der Waals surface area (Å²) in [6.07, 6.45) is 9.93. The molecule has 1 aliphatic heterocycles. The van der Waals surface area contributed by atoms with Crippen molar-refractivity contribution in [1.29, 1.82) is 0 Å². The molecule has 2 heteroatoms. The Morgan fingerprint density at radius 3 is 2.14 bits per heavy atom. The Morgan fingerprint density at radius 1 is 0.931 bits per heavy atom. The summed E-state index contributed by atoms with van der Waals surface area (Å²) >= 11 is 0. The van der Waals surface area contributed by atoms with Gasteiger partial charge in [-0.3, -0.25) is 0 Å². The number of para-hydroxylation sites is 2. The molecule has 0 amide bonds. The zero-order valence-corrected chi connectivity index (χ0v) is 18.1. The molecule has 1 aliphatic carbocycles. The summed E-state index contributed by atoms with van der Waals surface area (Å²) in [7, 11) is 0. The van der Waals surface area contributed by atoms with Crippen molar-refractivity contribution in [2.24, 2.45) is 11.8 Å². The molecule has 29 heavy (non-hydrogen) atoms. The van der Waals surface area contributed by atoms with Crippen LogP contribution < -0.4 is 10.2 Å². The molecule has 1 heterocycles. The first-order valence-electron chi connectivity index (χ1n) is 11.6. The third-order valence-electron chi connectivity index (χ3n) is 6.89. The molecule has 3 atom stereocenters. The Bertz CT molecular complexity index is 782. The standard InChI is InChI=1S/C27H36N2/c1-3-5-13-24(12-4-2)27(28-25-14-8-6-9-15-25)18-22-20-29(21-23(22)19-27)26-16-10-7-11-17-26/h6-11,13-17,22-23,28H,3-5,12,18-21H2,1-2H3/b24-13+/t22-,23+,27?. The molecule has 0 spiro atoms. The first-order chi connectivity index (χ1) is 14.2. The van der Waals surface area contributed by atoms with Gasteiger partial charge in [-0.1, -0.05) is 69.2 Å². The number of anilines is 2. The highest BCUT2D eigenvalue weighted by molar-refractivity contribution is 5.52. The molecular formula is C27H36N2. The van der Waals surface area contributed by atoms with Crippen molar-refractivity contribution in [3.05, 3.63) is 72.3 Å². The highest BCUT2D eigenvalue weighted by atomic mass is 15.2. The van der Waals surface area contributed by atoms with Gasteiger partial charge >= 0.3 is 0 Å². The molecule has 2 fully saturated rings. The van der Waals surface area contributed by atoms with Crippen LogP contribution in [0, 0.1) is 11.8 Å². The molecule has 0 aromatic heterocycles. The number of hydrogen-bond acceptors (Lipinski definition) is 2. The van der Waals surface area contributed by atoms with E-state index in [-0.39, 0.29) is 5.54 Å². The molecule has 2 nitrogen and oxygen atoms in total. The normalized spacial score (nSPS) is 26.6. The van der Waals surface area contributed by atoms with Crippen molar-refractivity contribution in [2.75, 3.05) is 23.3 Å². The fourth-order valence-electron chi connectivity index (χ4n) is 5.60. The highest BCUT2D eigenvalue weighted by Crippen LogP contribution is 2.50. The molecular weight excluding hydrogens is 352 g/mol. The molecule has 1 N–H and O–H groups in total. The first-order valence-corrected chi connectivity index (χ1v) is 11.6. The zero-order valence-electron chi connectivity index (χ0n) is 18.1. The van der Waals surface area contributed by atoms with Crippen molar-refractivity contribution >= 4 is 11.4 Å². The summed E-state index contributed by atoms with van der Waals surface area (Å²) in [5.74, 6) is 1.54. The van der Waals surface area contributed by atoms with E-state index in [1.165, 1.54) is 63.0 Å². The van der Waals surface area contributed by atoms with Crippen LogP contribution in [0.2, 0.25) is 0 Å². The lowest BCUT2D eigenvalue weighted by molar-refractivity contribution is 0.494. The minimum Gasteiger partial charge on any atom is -0.376 e. The quantitative estimate of drug-likeness (QED) is 0.494. The van der Waals surface area contributed by atoms with Crippen LogP contribution in [0.3, 0.4) is 0 Å². The Kier molecular flexibility index (Phi) is 6.28. The number of allylic oxidation sites excluding steroid dienone is 1. The molecule has 2 aliphatic rings. The maximum absolute atomic E-state index is 4.04. The molecule has 4 rings (SSSR count). The van der Waals surface area contributed by atoms with Crippen LogP contribution in [-0.2, 0) is 0 Å². The average molecular weight is 389 g/mol. The second-order valence-corrected chi connectivity index (χ2v) is 9.01. The van der Waals surface area contributed by atoms with Crippen LogP contribution in [-0.4, -0.2) is 18.6 Å². The highest BCUT2D eigenvalue weighted by Gasteiger charge is 2.50. The number of unbranched alkanes of at least 4 members (excludes halogenated alkanes) is 1. The Hall–Kier alpha value is -2.22. The summed E-state index contributed by atoms with van der Waals surface area (Å²) in [6, 6.07) is 21.8. The van der Waals surface area contributed by atoms with Crippen LogP contribution in [0.5, 0.6) is 0 Å². The summed E-state index contributed by atoms with van der Waals surface area (Å²) in [5, 5.41) is 4.04. The van der Waals surface area contributed by atoms with Gasteiger partial charge in [0.05, 0.1) is 5.54 Å². The largest absolute Gasteiger partial charge is 0.376 e. The van der Waals surface area contributed by atoms with Crippen LogP contribution >= 0.6 is 0 Å². The molecule has 1 saturated heterocycles. The van der Waals surface area contributed by atoms with Crippen LogP contribution in [0.4, 0.5) is 11.4 Å². The van der Waals surface area contributed by atoms with Gasteiger partial charge in [0.25, 0.3) is 0 Å². The van der Waals surface area contributed by atoms with E-state index in [2.05, 4.69) is 90.8 Å². The summed E-state index contributed by atoms with van der Waals surface area (Å²) < 4.78 is 0. The first kappa shape index (κ1) is 20.1. The predicted molar refractivity (Wildman–Crippen MR) is 126 cm³/mol. The lowest BCUT2D eigenvalue weighted by Crippen LogP contribution is -2.40. The molecule has 2 aromatic rings. The maximum atomic E-state index is 4.04. The lowest BCUT2D eigenvalue weighted by atomic mass is 9.82. The minimum atomic E-state index is 0.130. The van der Waals surface area contributed by atoms with Crippen molar-refractivity contribution in [2.45, 2.75) is 57.9 Å². The second kappa shape index (κ2) is 9.07. The van der Waals surface area contributed by atoms with E-state index in [4.69, 9.17) is 0 Å². The van der Waals surface area contributed by atoms with Gasteiger partial charge in [-0.2, -0.15) is 0 Å². The molecule has 0 bridgehead atoms. The van der Waals surface area contributed by atoms with Gasteiger partial charge in [0, 0.05) is 24.5 Å². The molecule has 154 valence electrons. The van der Waals surface area contributed by atoms with Gasteiger partial charge in [-0.05, 0) is 67.4 Å². The van der Waals surface area contributed by atoms with Crippen LogP contribution in [0.15, 0.2) is 72.3 Å². The van der Waals surface area contributed by atoms with Crippen molar-refractivity contribution in [3.8, 4) is 0 Å². The lowest BCUT2D eigenvalue weighted by Gasteiger charge is -2.37. The van der Waals surface area contributed by atoms with E-state index in [1.54, 1.807) is 5.57 Å². The monoisotopic (exact) mass is 388 g/mol. The number of hydrogen-bond donors (Lipinski definition) is 1. The van der Waals surface area contributed by atoms with E-state index in [1.807, 2.05) is 0 Å². The van der Waals surface area contributed by atoms with E-state index in [0.717, 1.165) is 11.8 Å². The molecule has 1 unspecified atom stereocenters. The molecule has 2 aromatic carbocycles. The number of nitrogens with zero attached hydrogens (tertiary/aromatic N) is 1. The number of fused-ring (bicyclic) bond motifs is 1. The third-order valence-corrected chi connectivity index (χ3v) is 6.89.